The van der Waals surface area contributed by atoms with Crippen LogP contribution < -0.4 is 0 Å². The van der Waals surface area contributed by atoms with E-state index in [1.54, 1.807) is 7.11 Å². The summed E-state index contributed by atoms with van der Waals surface area (Å²) in [6.45, 7) is 12.8. The third-order valence-electron chi connectivity index (χ3n) is 11.1. The average Bonchev–Trinajstić information content (AvgIpc) is 3.09. The van der Waals surface area contributed by atoms with Gasteiger partial charge in [0.05, 0.1) is 13.2 Å². The fourth-order valence-electron chi connectivity index (χ4n) is 9.43. The molecule has 180 valence electrons. The first-order chi connectivity index (χ1) is 14.8. The quantitative estimate of drug-likeness (QED) is 0.344. The van der Waals surface area contributed by atoms with Crippen molar-refractivity contribution in [3.8, 4) is 0 Å². The molecule has 4 aliphatic rings. The van der Waals surface area contributed by atoms with Crippen LogP contribution in [0.25, 0.3) is 0 Å². The van der Waals surface area contributed by atoms with E-state index in [-0.39, 0.29) is 0 Å². The number of fused-ring (bicyclic) bond motifs is 5. The summed E-state index contributed by atoms with van der Waals surface area (Å²) in [7, 11) is 1.71. The Bertz CT molecular complexity index is 594. The van der Waals surface area contributed by atoms with Crippen LogP contribution in [0.3, 0.4) is 0 Å². The van der Waals surface area contributed by atoms with E-state index in [9.17, 15) is 0 Å². The molecule has 4 saturated carbocycles. The first-order valence-corrected chi connectivity index (χ1v) is 14.3. The van der Waals surface area contributed by atoms with Gasteiger partial charge in [0.25, 0.3) is 0 Å². The molecule has 0 heterocycles. The van der Waals surface area contributed by atoms with Crippen molar-refractivity contribution in [2.24, 2.45) is 52.3 Å². The molecule has 0 amide bonds. The predicted molar refractivity (Wildman–Crippen MR) is 133 cm³/mol. The highest BCUT2D eigenvalue weighted by atomic mass is 32.2. The molecule has 2 nitrogen and oxygen atoms in total. The second-order valence-electron chi connectivity index (χ2n) is 12.9. The summed E-state index contributed by atoms with van der Waals surface area (Å²) in [5, 5.41) is 0. The summed E-state index contributed by atoms with van der Waals surface area (Å²) in [6.07, 6.45) is 17.5. The van der Waals surface area contributed by atoms with Crippen LogP contribution in [0.2, 0.25) is 0 Å². The van der Waals surface area contributed by atoms with E-state index in [1.807, 2.05) is 0 Å². The van der Waals surface area contributed by atoms with Gasteiger partial charge in [-0.1, -0.05) is 53.9 Å². The van der Waals surface area contributed by atoms with Crippen molar-refractivity contribution < 1.29 is 8.37 Å². The van der Waals surface area contributed by atoms with Gasteiger partial charge in [0.1, 0.15) is 0 Å². The van der Waals surface area contributed by atoms with Crippen LogP contribution >= 0.6 is 12.3 Å². The van der Waals surface area contributed by atoms with E-state index < -0.39 is 0 Å². The highest BCUT2D eigenvalue weighted by molar-refractivity contribution is 7.89. The number of hydrogen-bond acceptors (Lipinski definition) is 3. The maximum Gasteiger partial charge on any atom is 0.158 e. The van der Waals surface area contributed by atoms with Crippen LogP contribution in [0.4, 0.5) is 0 Å². The second kappa shape index (κ2) is 9.87. The summed E-state index contributed by atoms with van der Waals surface area (Å²) in [5.74, 6) is 6.59. The molecule has 9 atom stereocenters. The van der Waals surface area contributed by atoms with Crippen molar-refractivity contribution in [2.45, 2.75) is 118 Å². The molecule has 0 radical (unpaired) electrons. The Morgan fingerprint density at radius 3 is 2.35 bits per heavy atom. The minimum absolute atomic E-state index is 0.399. The van der Waals surface area contributed by atoms with Gasteiger partial charge in [0.2, 0.25) is 0 Å². The first kappa shape index (κ1) is 24.4. The summed E-state index contributed by atoms with van der Waals surface area (Å²) >= 11 is 1.20. The normalized spacial score (nSPS) is 45.8. The molecule has 0 aromatic heterocycles. The SMILES string of the molecule is COSOC1CCC2(C)C(CCC3C2CCC2(C)C3CCC2[C@H](C)CCCC(C)C)C1. The summed E-state index contributed by atoms with van der Waals surface area (Å²) in [6, 6.07) is 0. The van der Waals surface area contributed by atoms with Crippen molar-refractivity contribution in [2.75, 3.05) is 7.11 Å². The van der Waals surface area contributed by atoms with E-state index in [0.717, 1.165) is 41.4 Å². The molecule has 4 aliphatic carbocycles. The fourth-order valence-corrected chi connectivity index (χ4v) is 9.79. The Morgan fingerprint density at radius 1 is 0.871 bits per heavy atom. The molecule has 0 saturated heterocycles. The monoisotopic (exact) mass is 450 g/mol. The van der Waals surface area contributed by atoms with Gasteiger partial charge < -0.3 is 0 Å². The van der Waals surface area contributed by atoms with Crippen LogP contribution in [0.1, 0.15) is 112 Å². The molecule has 0 spiro atoms. The number of rotatable bonds is 8. The average molecular weight is 451 g/mol. The van der Waals surface area contributed by atoms with Gasteiger partial charge in [-0.2, -0.15) is 0 Å². The molecule has 0 N–H and O–H groups in total. The lowest BCUT2D eigenvalue weighted by Gasteiger charge is -2.61. The minimum atomic E-state index is 0.399. The van der Waals surface area contributed by atoms with Gasteiger partial charge in [-0.15, -0.1) is 0 Å². The summed E-state index contributed by atoms with van der Waals surface area (Å²) < 4.78 is 11.0. The molecule has 0 aliphatic heterocycles. The Labute approximate surface area is 197 Å². The van der Waals surface area contributed by atoms with Crippen molar-refractivity contribution in [1.29, 1.82) is 0 Å². The topological polar surface area (TPSA) is 18.5 Å². The van der Waals surface area contributed by atoms with E-state index in [4.69, 9.17) is 8.37 Å². The Morgan fingerprint density at radius 2 is 1.61 bits per heavy atom. The van der Waals surface area contributed by atoms with Gasteiger partial charge in [0.15, 0.2) is 12.3 Å². The highest BCUT2D eigenvalue weighted by Crippen LogP contribution is 2.68. The smallest absolute Gasteiger partial charge is 0.158 e. The minimum Gasteiger partial charge on any atom is -0.295 e. The fraction of sp³-hybridized carbons (Fsp3) is 1.00. The second-order valence-corrected chi connectivity index (χ2v) is 13.6. The molecule has 31 heavy (non-hydrogen) atoms. The van der Waals surface area contributed by atoms with E-state index in [0.29, 0.717) is 16.9 Å². The van der Waals surface area contributed by atoms with E-state index in [1.165, 1.54) is 89.4 Å². The van der Waals surface area contributed by atoms with Gasteiger partial charge in [-0.05, 0) is 110 Å². The number of hydrogen-bond donors (Lipinski definition) is 0. The maximum atomic E-state index is 5.93. The van der Waals surface area contributed by atoms with Crippen LogP contribution in [0.5, 0.6) is 0 Å². The van der Waals surface area contributed by atoms with Gasteiger partial charge in [0, 0.05) is 0 Å². The Balaban J connectivity index is 1.41. The standard InChI is InChI=1S/C28H50O2S/c1-19(2)8-7-9-20(3)24-12-13-25-23-11-10-21-18-22(30-31-29-6)14-16-27(21,4)26(23)15-17-28(24,25)5/h19-26H,7-18H2,1-6H3/t20-,21?,22?,23?,24?,25?,26?,27?,28?/m1/s1. The molecule has 3 heteroatoms. The summed E-state index contributed by atoms with van der Waals surface area (Å²) in [5.41, 5.74) is 1.18. The van der Waals surface area contributed by atoms with Crippen LogP contribution in [-0.2, 0) is 8.37 Å². The lowest BCUT2D eigenvalue weighted by atomic mass is 9.44. The molecular weight excluding hydrogens is 400 g/mol. The predicted octanol–water partition coefficient (Wildman–Crippen LogP) is 8.70. The van der Waals surface area contributed by atoms with Crippen molar-refractivity contribution in [3.63, 3.8) is 0 Å². The molecule has 0 bridgehead atoms. The molecule has 8 unspecified atom stereocenters. The van der Waals surface area contributed by atoms with Crippen LogP contribution in [0.15, 0.2) is 0 Å². The van der Waals surface area contributed by atoms with Gasteiger partial charge in [-0.3, -0.25) is 8.37 Å². The zero-order chi connectivity index (χ0) is 22.2. The zero-order valence-electron chi connectivity index (χ0n) is 21.3. The Kier molecular flexibility index (Phi) is 7.76. The first-order valence-electron chi connectivity index (χ1n) is 13.7. The molecular formula is C28H50O2S. The third kappa shape index (κ3) is 4.63. The third-order valence-corrected chi connectivity index (χ3v) is 11.5. The Hall–Kier alpha value is 0.270. The summed E-state index contributed by atoms with van der Waals surface area (Å²) in [4.78, 5) is 0. The lowest BCUT2D eigenvalue weighted by Crippen LogP contribution is -2.54. The van der Waals surface area contributed by atoms with E-state index >= 15 is 0 Å². The molecule has 0 aromatic carbocycles. The highest BCUT2D eigenvalue weighted by Gasteiger charge is 2.60. The van der Waals surface area contributed by atoms with Crippen LogP contribution in [-0.4, -0.2) is 13.2 Å². The van der Waals surface area contributed by atoms with E-state index in [2.05, 4.69) is 34.6 Å². The van der Waals surface area contributed by atoms with Gasteiger partial charge >= 0.3 is 0 Å². The maximum absolute atomic E-state index is 5.93. The van der Waals surface area contributed by atoms with Crippen LogP contribution in [0, 0.1) is 52.3 Å². The zero-order valence-corrected chi connectivity index (χ0v) is 22.1. The van der Waals surface area contributed by atoms with Gasteiger partial charge in [-0.25, -0.2) is 0 Å². The molecule has 0 aromatic rings. The largest absolute Gasteiger partial charge is 0.295 e. The van der Waals surface area contributed by atoms with Crippen molar-refractivity contribution >= 4 is 12.3 Å². The molecule has 4 rings (SSSR count). The lowest BCUT2D eigenvalue weighted by molar-refractivity contribution is -0.126. The van der Waals surface area contributed by atoms with Crippen molar-refractivity contribution in [1.82, 2.24) is 0 Å². The van der Waals surface area contributed by atoms with Crippen molar-refractivity contribution in [3.05, 3.63) is 0 Å². The molecule has 4 fully saturated rings.